The number of β-lactam (4-membered cyclic amide) rings is 1. The summed E-state index contributed by atoms with van der Waals surface area (Å²) in [6, 6.07) is 15.9. The van der Waals surface area contributed by atoms with Crippen LogP contribution in [0.25, 0.3) is 11.1 Å². The average molecular weight is 356 g/mol. The van der Waals surface area contributed by atoms with Crippen molar-refractivity contribution in [2.75, 3.05) is 23.7 Å². The second-order valence-corrected chi connectivity index (χ2v) is 8.63. The molecule has 0 spiro atoms. The van der Waals surface area contributed by atoms with E-state index < -0.39 is 10.0 Å². The fraction of sp³-hybridized carbons (Fsp3) is 0.316. The number of hydrogen-bond acceptors (Lipinski definition) is 3. The second kappa shape index (κ2) is 6.28. The van der Waals surface area contributed by atoms with Crippen molar-refractivity contribution < 1.29 is 13.2 Å². The average Bonchev–Trinajstić information content (AvgIpc) is 2.93. The van der Waals surface area contributed by atoms with E-state index in [4.69, 9.17) is 0 Å². The lowest BCUT2D eigenvalue weighted by molar-refractivity contribution is -0.122. The lowest BCUT2D eigenvalue weighted by Crippen LogP contribution is -2.43. The minimum atomic E-state index is -3.08. The Balaban J connectivity index is 1.54. The molecule has 0 atom stereocenters. The quantitative estimate of drug-likeness (QED) is 0.792. The van der Waals surface area contributed by atoms with Gasteiger partial charge in [0, 0.05) is 31.7 Å². The predicted octanol–water partition coefficient (Wildman–Crippen LogP) is 2.63. The summed E-state index contributed by atoms with van der Waals surface area (Å²) < 4.78 is 25.5. The zero-order valence-corrected chi connectivity index (χ0v) is 14.7. The molecular formula is C19H20N2O3S. The first-order valence-corrected chi connectivity index (χ1v) is 10.1. The van der Waals surface area contributed by atoms with Crippen molar-refractivity contribution in [1.29, 1.82) is 0 Å². The molecule has 2 aliphatic rings. The third kappa shape index (κ3) is 3.19. The first kappa shape index (κ1) is 16.3. The first-order chi connectivity index (χ1) is 12.0. The molecule has 25 heavy (non-hydrogen) atoms. The molecule has 1 amide bonds. The maximum Gasteiger partial charge on any atom is 0.228 e. The van der Waals surface area contributed by atoms with E-state index in [-0.39, 0.29) is 11.7 Å². The molecule has 2 aromatic carbocycles. The van der Waals surface area contributed by atoms with E-state index in [0.29, 0.717) is 25.9 Å². The van der Waals surface area contributed by atoms with Gasteiger partial charge in [-0.2, -0.15) is 4.31 Å². The molecule has 2 aromatic rings. The Morgan fingerprint density at radius 1 is 0.960 bits per heavy atom. The normalized spacial score (nSPS) is 19.8. The molecule has 0 unspecified atom stereocenters. The summed E-state index contributed by atoms with van der Waals surface area (Å²) in [5.74, 6) is 0.421. The van der Waals surface area contributed by atoms with Crippen LogP contribution in [0.4, 0.5) is 5.69 Å². The van der Waals surface area contributed by atoms with E-state index in [9.17, 15) is 13.2 Å². The zero-order valence-electron chi connectivity index (χ0n) is 13.9. The number of benzene rings is 2. The van der Waals surface area contributed by atoms with Gasteiger partial charge in [0.1, 0.15) is 0 Å². The molecule has 6 heteroatoms. The van der Waals surface area contributed by atoms with E-state index in [0.717, 1.165) is 28.9 Å². The topological polar surface area (TPSA) is 57.7 Å². The van der Waals surface area contributed by atoms with Crippen molar-refractivity contribution in [2.24, 2.45) is 0 Å². The van der Waals surface area contributed by atoms with Crippen molar-refractivity contribution in [2.45, 2.75) is 19.4 Å². The van der Waals surface area contributed by atoms with Gasteiger partial charge in [-0.25, -0.2) is 8.42 Å². The number of rotatable bonds is 4. The number of amides is 1. The lowest BCUT2D eigenvalue weighted by atomic mass is 10.0. The van der Waals surface area contributed by atoms with Gasteiger partial charge in [0.05, 0.1) is 5.75 Å². The van der Waals surface area contributed by atoms with Crippen LogP contribution in [0.2, 0.25) is 0 Å². The van der Waals surface area contributed by atoms with E-state index >= 15 is 0 Å². The van der Waals surface area contributed by atoms with Crippen molar-refractivity contribution in [3.63, 3.8) is 0 Å². The molecular weight excluding hydrogens is 336 g/mol. The Hall–Kier alpha value is -2.18. The molecule has 0 aliphatic carbocycles. The highest BCUT2D eigenvalue weighted by atomic mass is 32.2. The number of carbonyl (C=O) groups excluding carboxylic acids is 1. The molecule has 0 saturated carbocycles. The van der Waals surface area contributed by atoms with Crippen LogP contribution in [-0.2, 0) is 21.4 Å². The van der Waals surface area contributed by atoms with Gasteiger partial charge in [0.15, 0.2) is 0 Å². The van der Waals surface area contributed by atoms with Gasteiger partial charge in [-0.1, -0.05) is 30.3 Å². The number of nitrogens with zero attached hydrogens (tertiary/aromatic N) is 2. The number of sulfonamides is 1. The Morgan fingerprint density at radius 3 is 2.36 bits per heavy atom. The Labute approximate surface area is 147 Å². The molecule has 130 valence electrons. The van der Waals surface area contributed by atoms with Crippen LogP contribution in [0.1, 0.15) is 18.4 Å². The first-order valence-electron chi connectivity index (χ1n) is 8.50. The van der Waals surface area contributed by atoms with Gasteiger partial charge in [0.2, 0.25) is 15.9 Å². The molecule has 4 rings (SSSR count). The highest BCUT2D eigenvalue weighted by molar-refractivity contribution is 7.89. The molecule has 0 radical (unpaired) electrons. The van der Waals surface area contributed by atoms with Gasteiger partial charge in [-0.15, -0.1) is 0 Å². The second-order valence-electron chi connectivity index (χ2n) is 6.55. The highest BCUT2D eigenvalue weighted by Gasteiger charge is 2.28. The molecule has 0 bridgehead atoms. The molecule has 0 N–H and O–H groups in total. The van der Waals surface area contributed by atoms with Gasteiger partial charge in [-0.3, -0.25) is 4.79 Å². The maximum atomic E-state index is 12.0. The van der Waals surface area contributed by atoms with Crippen molar-refractivity contribution >= 4 is 21.6 Å². The van der Waals surface area contributed by atoms with E-state index in [2.05, 4.69) is 0 Å². The minimum absolute atomic E-state index is 0.168. The number of hydrogen-bond donors (Lipinski definition) is 0. The van der Waals surface area contributed by atoms with E-state index in [1.54, 1.807) is 9.21 Å². The molecule has 2 heterocycles. The number of anilines is 1. The smallest absolute Gasteiger partial charge is 0.228 e. The third-order valence-corrected chi connectivity index (χ3v) is 6.75. The summed E-state index contributed by atoms with van der Waals surface area (Å²) in [5.41, 5.74) is 4.03. The summed E-state index contributed by atoms with van der Waals surface area (Å²) in [4.78, 5) is 13.3. The van der Waals surface area contributed by atoms with E-state index in [1.807, 2.05) is 48.5 Å². The van der Waals surface area contributed by atoms with Gasteiger partial charge < -0.3 is 4.90 Å². The van der Waals surface area contributed by atoms with Gasteiger partial charge >= 0.3 is 0 Å². The number of carbonyl (C=O) groups is 1. The maximum absolute atomic E-state index is 12.0. The Morgan fingerprint density at radius 2 is 1.76 bits per heavy atom. The van der Waals surface area contributed by atoms with E-state index in [1.165, 1.54) is 0 Å². The van der Waals surface area contributed by atoms with Gasteiger partial charge in [-0.05, 0) is 41.3 Å². The Bertz CT molecular complexity index is 907. The third-order valence-electron chi connectivity index (χ3n) is 4.85. The SMILES string of the molecule is O=C1CCN1c1ccc(-c2cccc(CN3CCCS3(=O)=O)c2)cc1. The predicted molar refractivity (Wildman–Crippen MR) is 97.7 cm³/mol. The largest absolute Gasteiger partial charge is 0.312 e. The summed E-state index contributed by atoms with van der Waals surface area (Å²) in [5, 5.41) is 0. The summed E-state index contributed by atoms with van der Waals surface area (Å²) in [6.07, 6.45) is 1.34. The van der Waals surface area contributed by atoms with Crippen molar-refractivity contribution in [1.82, 2.24) is 4.31 Å². The van der Waals surface area contributed by atoms with Crippen LogP contribution in [-0.4, -0.2) is 37.5 Å². The minimum Gasteiger partial charge on any atom is -0.312 e. The summed E-state index contributed by atoms with van der Waals surface area (Å²) in [7, 11) is -3.08. The lowest BCUT2D eigenvalue weighted by Gasteiger charge is -2.30. The fourth-order valence-corrected chi connectivity index (χ4v) is 4.85. The van der Waals surface area contributed by atoms with Crippen LogP contribution in [0.15, 0.2) is 48.5 Å². The van der Waals surface area contributed by atoms with Crippen LogP contribution < -0.4 is 4.90 Å². The summed E-state index contributed by atoms with van der Waals surface area (Å²) >= 11 is 0. The standard InChI is InChI=1S/C19H20N2O3S/c22-19-9-11-21(19)18-7-5-16(6-8-18)17-4-1-3-15(13-17)14-20-10-2-12-25(20,23)24/h1,3-8,13H,2,9-12,14H2. The fourth-order valence-electron chi connectivity index (χ4n) is 3.34. The van der Waals surface area contributed by atoms with Crippen LogP contribution in [0.5, 0.6) is 0 Å². The molecule has 0 aromatic heterocycles. The highest BCUT2D eigenvalue weighted by Crippen LogP contribution is 2.27. The van der Waals surface area contributed by atoms with Crippen molar-refractivity contribution in [3.05, 3.63) is 54.1 Å². The molecule has 2 aliphatic heterocycles. The van der Waals surface area contributed by atoms with Crippen molar-refractivity contribution in [3.8, 4) is 11.1 Å². The van der Waals surface area contributed by atoms with Crippen LogP contribution >= 0.6 is 0 Å². The molecule has 2 fully saturated rings. The molecule has 5 nitrogen and oxygen atoms in total. The zero-order chi connectivity index (χ0) is 17.4. The van der Waals surface area contributed by atoms with Gasteiger partial charge in [0.25, 0.3) is 0 Å². The van der Waals surface area contributed by atoms with Crippen LogP contribution in [0.3, 0.4) is 0 Å². The monoisotopic (exact) mass is 356 g/mol. The molecule has 2 saturated heterocycles. The Kier molecular flexibility index (Phi) is 4.09. The summed E-state index contributed by atoms with van der Waals surface area (Å²) in [6.45, 7) is 1.82. The van der Waals surface area contributed by atoms with Crippen LogP contribution in [0, 0.1) is 0 Å².